The Hall–Kier alpha value is -0.880. The maximum Gasteiger partial charge on any atom is 0.150 e. The van der Waals surface area contributed by atoms with E-state index in [1.165, 1.54) is 0 Å². The van der Waals surface area contributed by atoms with Crippen molar-refractivity contribution in [3.8, 4) is 0 Å². The van der Waals surface area contributed by atoms with Crippen LogP contribution in [0.5, 0.6) is 0 Å². The molecule has 19 heavy (non-hydrogen) atoms. The number of hydrogen-bond acceptors (Lipinski definition) is 4. The average molecular weight is 285 g/mol. The number of nitrogens with two attached hydrogens (primary N) is 1. The molecule has 0 saturated carbocycles. The van der Waals surface area contributed by atoms with Crippen molar-refractivity contribution in [2.24, 2.45) is 11.7 Å². The zero-order valence-electron chi connectivity index (χ0n) is 11.6. The summed E-state index contributed by atoms with van der Waals surface area (Å²) >= 11 is 0. The highest BCUT2D eigenvalue weighted by atomic mass is 32.2. The second-order valence-electron chi connectivity index (χ2n) is 5.69. The smallest absolute Gasteiger partial charge is 0.150 e. The van der Waals surface area contributed by atoms with Gasteiger partial charge in [-0.25, -0.2) is 13.4 Å². The third kappa shape index (κ3) is 3.17. The highest BCUT2D eigenvalue weighted by Crippen LogP contribution is 2.30. The molecule has 1 aliphatic heterocycles. The monoisotopic (exact) mass is 285 g/mol. The number of hydrogen-bond donors (Lipinski definition) is 1. The molecular weight excluding hydrogens is 262 g/mol. The summed E-state index contributed by atoms with van der Waals surface area (Å²) in [7, 11) is -2.82. The summed E-state index contributed by atoms with van der Waals surface area (Å²) in [6, 6.07) is 0.244. The summed E-state index contributed by atoms with van der Waals surface area (Å²) in [6.45, 7) is 4.90. The molecule has 2 N–H and O–H groups in total. The van der Waals surface area contributed by atoms with Crippen LogP contribution in [0.4, 0.5) is 0 Å². The molecule has 0 spiro atoms. The van der Waals surface area contributed by atoms with E-state index in [9.17, 15) is 8.42 Å². The maximum absolute atomic E-state index is 11.5. The van der Waals surface area contributed by atoms with Crippen molar-refractivity contribution in [1.29, 1.82) is 0 Å². The molecule has 1 saturated heterocycles. The van der Waals surface area contributed by atoms with E-state index < -0.39 is 9.84 Å². The Morgan fingerprint density at radius 2 is 2.05 bits per heavy atom. The third-order valence-electron chi connectivity index (χ3n) is 4.05. The van der Waals surface area contributed by atoms with Crippen LogP contribution in [-0.2, 0) is 9.84 Å². The first-order chi connectivity index (χ1) is 8.94. The molecule has 1 atom stereocenters. The van der Waals surface area contributed by atoms with Gasteiger partial charge < -0.3 is 10.3 Å². The number of sulfone groups is 1. The molecule has 1 unspecified atom stereocenters. The highest BCUT2D eigenvalue weighted by Gasteiger charge is 2.28. The molecule has 0 aliphatic carbocycles. The lowest BCUT2D eigenvalue weighted by Crippen LogP contribution is -2.28. The van der Waals surface area contributed by atoms with Crippen LogP contribution in [0.15, 0.2) is 12.5 Å². The summed E-state index contributed by atoms with van der Waals surface area (Å²) in [6.07, 6.45) is 5.06. The zero-order chi connectivity index (χ0) is 14.0. The first-order valence-electron chi connectivity index (χ1n) is 6.87. The minimum atomic E-state index is -2.82. The van der Waals surface area contributed by atoms with Crippen LogP contribution in [-0.4, -0.2) is 36.0 Å². The van der Waals surface area contributed by atoms with Crippen LogP contribution in [0.25, 0.3) is 0 Å². The quantitative estimate of drug-likeness (QED) is 0.905. The van der Waals surface area contributed by atoms with E-state index in [1.807, 2.05) is 12.5 Å². The van der Waals surface area contributed by atoms with Gasteiger partial charge in [0.15, 0.2) is 0 Å². The van der Waals surface area contributed by atoms with Crippen molar-refractivity contribution in [3.05, 3.63) is 18.2 Å². The summed E-state index contributed by atoms with van der Waals surface area (Å²) in [5.41, 5.74) is 7.01. The van der Waals surface area contributed by atoms with Gasteiger partial charge in [-0.1, -0.05) is 13.8 Å². The molecule has 1 aromatic heterocycles. The summed E-state index contributed by atoms with van der Waals surface area (Å²) in [5.74, 6) is 1.29. The molecule has 108 valence electrons. The first kappa shape index (κ1) is 14.5. The van der Waals surface area contributed by atoms with Crippen molar-refractivity contribution in [3.63, 3.8) is 0 Å². The lowest BCUT2D eigenvalue weighted by atomic mass is 9.92. The van der Waals surface area contributed by atoms with Crippen molar-refractivity contribution >= 4 is 9.84 Å². The van der Waals surface area contributed by atoms with Crippen LogP contribution in [0.1, 0.15) is 44.3 Å². The lowest BCUT2D eigenvalue weighted by Gasteiger charge is -2.28. The molecule has 0 amide bonds. The Balaban J connectivity index is 2.20. The van der Waals surface area contributed by atoms with Gasteiger partial charge in [-0.2, -0.15) is 0 Å². The normalized spacial score (nSPS) is 21.7. The molecule has 6 heteroatoms. The van der Waals surface area contributed by atoms with Crippen LogP contribution in [0.3, 0.4) is 0 Å². The summed E-state index contributed by atoms with van der Waals surface area (Å²) in [4.78, 5) is 4.24. The van der Waals surface area contributed by atoms with E-state index in [0.29, 0.717) is 25.3 Å². The van der Waals surface area contributed by atoms with Crippen LogP contribution in [0.2, 0.25) is 0 Å². The maximum atomic E-state index is 11.5. The van der Waals surface area contributed by atoms with E-state index in [2.05, 4.69) is 23.4 Å². The van der Waals surface area contributed by atoms with Crippen molar-refractivity contribution in [2.75, 3.05) is 18.1 Å². The predicted octanol–water partition coefficient (Wildman–Crippen LogP) is 1.33. The molecular formula is C13H23N3O2S. The van der Waals surface area contributed by atoms with Crippen LogP contribution < -0.4 is 5.73 Å². The van der Waals surface area contributed by atoms with Gasteiger partial charge in [0.25, 0.3) is 0 Å². The molecule has 1 aromatic rings. The van der Waals surface area contributed by atoms with Crippen molar-refractivity contribution < 1.29 is 8.42 Å². The van der Waals surface area contributed by atoms with Gasteiger partial charge >= 0.3 is 0 Å². The molecule has 2 heterocycles. The van der Waals surface area contributed by atoms with E-state index in [-0.39, 0.29) is 23.5 Å². The van der Waals surface area contributed by atoms with Gasteiger partial charge in [-0.05, 0) is 18.8 Å². The van der Waals surface area contributed by atoms with Gasteiger partial charge in [-0.15, -0.1) is 0 Å². The molecule has 0 aromatic carbocycles. The Morgan fingerprint density at radius 3 is 2.58 bits per heavy atom. The zero-order valence-corrected chi connectivity index (χ0v) is 12.4. The van der Waals surface area contributed by atoms with Crippen molar-refractivity contribution in [2.45, 2.75) is 38.6 Å². The van der Waals surface area contributed by atoms with Gasteiger partial charge in [0, 0.05) is 30.4 Å². The SMILES string of the molecule is CC(C)C(CN)c1cncn1C1CCS(=O)(=O)CC1. The molecule has 5 nitrogen and oxygen atoms in total. The lowest BCUT2D eigenvalue weighted by molar-refractivity contribution is 0.404. The summed E-state index contributed by atoms with van der Waals surface area (Å²) < 4.78 is 25.2. The molecule has 0 radical (unpaired) electrons. The summed E-state index contributed by atoms with van der Waals surface area (Å²) in [5, 5.41) is 0. The number of aromatic nitrogens is 2. The Kier molecular flexibility index (Phi) is 4.30. The number of rotatable bonds is 4. The third-order valence-corrected chi connectivity index (χ3v) is 5.77. The minimum absolute atomic E-state index is 0.244. The highest BCUT2D eigenvalue weighted by molar-refractivity contribution is 7.91. The second kappa shape index (κ2) is 5.63. The number of imidazole rings is 1. The molecule has 0 bridgehead atoms. The average Bonchev–Trinajstić information content (AvgIpc) is 2.78. The van der Waals surface area contributed by atoms with E-state index >= 15 is 0 Å². The van der Waals surface area contributed by atoms with Gasteiger partial charge in [0.05, 0.1) is 17.8 Å². The van der Waals surface area contributed by atoms with Crippen molar-refractivity contribution in [1.82, 2.24) is 9.55 Å². The fourth-order valence-electron chi connectivity index (χ4n) is 2.80. The van der Waals surface area contributed by atoms with Crippen LogP contribution >= 0.6 is 0 Å². The van der Waals surface area contributed by atoms with E-state index in [4.69, 9.17) is 5.73 Å². The standard InChI is InChI=1S/C13H23N3O2S/c1-10(2)12(7-14)13-8-15-9-16(13)11-3-5-19(17,18)6-4-11/h8-12H,3-7,14H2,1-2H3. The molecule has 1 aliphatic rings. The van der Waals surface area contributed by atoms with E-state index in [1.54, 1.807) is 0 Å². The van der Waals surface area contributed by atoms with Crippen LogP contribution in [0, 0.1) is 5.92 Å². The van der Waals surface area contributed by atoms with Gasteiger partial charge in [0.1, 0.15) is 9.84 Å². The first-order valence-corrected chi connectivity index (χ1v) is 8.69. The van der Waals surface area contributed by atoms with Gasteiger partial charge in [0.2, 0.25) is 0 Å². The number of nitrogens with zero attached hydrogens (tertiary/aromatic N) is 2. The topological polar surface area (TPSA) is 78.0 Å². The molecule has 1 fully saturated rings. The second-order valence-corrected chi connectivity index (χ2v) is 8.00. The largest absolute Gasteiger partial charge is 0.331 e. The Bertz CT molecular complexity index is 508. The minimum Gasteiger partial charge on any atom is -0.331 e. The Labute approximate surface area is 115 Å². The Morgan fingerprint density at radius 1 is 1.42 bits per heavy atom. The fourth-order valence-corrected chi connectivity index (χ4v) is 4.26. The van der Waals surface area contributed by atoms with Gasteiger partial charge in [-0.3, -0.25) is 0 Å². The fraction of sp³-hybridized carbons (Fsp3) is 0.769. The van der Waals surface area contributed by atoms with E-state index in [0.717, 1.165) is 5.69 Å². The predicted molar refractivity (Wildman–Crippen MR) is 75.8 cm³/mol. The molecule has 2 rings (SSSR count).